The Kier molecular flexibility index (Phi) is 11.1. The molecule has 0 atom stereocenters. The van der Waals surface area contributed by atoms with Crippen molar-refractivity contribution in [1.82, 2.24) is 0 Å². The van der Waals surface area contributed by atoms with Crippen molar-refractivity contribution in [3.63, 3.8) is 0 Å². The molecule has 2 aromatic rings. The Morgan fingerprint density at radius 3 is 2.02 bits per heavy atom. The maximum absolute atomic E-state index is 14.0. The molecule has 7 heteroatoms. The largest absolute Gasteiger partial charge is 0.573 e. The molecule has 0 radical (unpaired) electrons. The maximum Gasteiger partial charge on any atom is 0.573 e. The van der Waals surface area contributed by atoms with Gasteiger partial charge in [-0.2, -0.15) is 0 Å². The number of halogens is 5. The quantitative estimate of drug-likeness (QED) is 0.138. The molecule has 1 saturated heterocycles. The summed E-state index contributed by atoms with van der Waals surface area (Å²) in [7, 11) is -1.39. The minimum atomic E-state index is -5.12. The first-order chi connectivity index (χ1) is 19.2. The lowest BCUT2D eigenvalue weighted by atomic mass is 9.73. The molecular weight excluding hydrogens is 535 g/mol. The molecule has 0 unspecified atom stereocenters. The molecule has 2 aliphatic rings. The van der Waals surface area contributed by atoms with Gasteiger partial charge in [0.25, 0.3) is 0 Å². The number of alkyl halides is 3. The van der Waals surface area contributed by atoms with Crippen molar-refractivity contribution in [2.75, 3.05) is 0 Å². The molecule has 1 saturated carbocycles. The van der Waals surface area contributed by atoms with E-state index >= 15 is 0 Å². The van der Waals surface area contributed by atoms with E-state index < -0.39 is 31.8 Å². The third-order valence-corrected chi connectivity index (χ3v) is 15.2. The van der Waals surface area contributed by atoms with E-state index in [9.17, 15) is 22.0 Å². The van der Waals surface area contributed by atoms with Crippen LogP contribution in [0.4, 0.5) is 22.0 Å². The van der Waals surface area contributed by atoms with Gasteiger partial charge in [-0.15, -0.1) is 13.2 Å². The van der Waals surface area contributed by atoms with Crippen molar-refractivity contribution in [2.45, 2.75) is 115 Å². The molecule has 1 nitrogen and oxygen atoms in total. The first kappa shape index (κ1) is 31.1. The zero-order chi connectivity index (χ0) is 28.6. The van der Waals surface area contributed by atoms with E-state index in [4.69, 9.17) is 0 Å². The average Bonchev–Trinajstić information content (AvgIpc) is 2.94. The number of hydrogen-bond donors (Lipinski definition) is 0. The highest BCUT2D eigenvalue weighted by Crippen LogP contribution is 2.45. The van der Waals surface area contributed by atoms with E-state index in [0.29, 0.717) is 17.9 Å². The zero-order valence-electron chi connectivity index (χ0n) is 23.9. The first-order valence-electron chi connectivity index (χ1n) is 15.5. The van der Waals surface area contributed by atoms with Crippen molar-refractivity contribution < 1.29 is 26.7 Å². The Hall–Kier alpha value is -1.89. The van der Waals surface area contributed by atoms with Crippen molar-refractivity contribution in [3.8, 4) is 5.75 Å². The lowest BCUT2D eigenvalue weighted by Crippen LogP contribution is -2.50. The monoisotopic (exact) mass is 580 g/mol. The average molecular weight is 581 g/mol. The number of ether oxygens (including phenoxy) is 1. The summed E-state index contributed by atoms with van der Waals surface area (Å²) in [4.78, 5) is 0. The highest BCUT2D eigenvalue weighted by Gasteiger charge is 2.40. The second-order valence-electron chi connectivity index (χ2n) is 12.4. The highest BCUT2D eigenvalue weighted by atomic mass is 28.3. The van der Waals surface area contributed by atoms with Crippen LogP contribution >= 0.6 is 0 Å². The van der Waals surface area contributed by atoms with Crippen LogP contribution in [0.2, 0.25) is 18.1 Å². The van der Waals surface area contributed by atoms with E-state index in [-0.39, 0.29) is 0 Å². The smallest absolute Gasteiger partial charge is 0.399 e. The van der Waals surface area contributed by atoms with Gasteiger partial charge in [0.2, 0.25) is 5.75 Å². The molecule has 1 aliphatic heterocycles. The normalized spacial score (nSPS) is 25.6. The van der Waals surface area contributed by atoms with Crippen LogP contribution in [-0.2, 0) is 6.42 Å². The Morgan fingerprint density at radius 2 is 1.43 bits per heavy atom. The molecule has 0 aromatic heterocycles. The molecule has 0 spiro atoms. The third-order valence-electron chi connectivity index (χ3n) is 9.79. The van der Waals surface area contributed by atoms with Crippen LogP contribution in [0.25, 0.3) is 0 Å². The summed E-state index contributed by atoms with van der Waals surface area (Å²) in [5.74, 6) is -1.54. The lowest BCUT2D eigenvalue weighted by molar-refractivity contribution is -0.276. The Labute approximate surface area is 237 Å². The molecular formula is C33H45F5OSi. The summed E-state index contributed by atoms with van der Waals surface area (Å²) in [6.45, 7) is 2.30. The molecule has 222 valence electrons. The summed E-state index contributed by atoms with van der Waals surface area (Å²) in [6.07, 6.45) is 10.2. The van der Waals surface area contributed by atoms with Crippen molar-refractivity contribution in [3.05, 3.63) is 59.7 Å². The maximum atomic E-state index is 14.0. The summed E-state index contributed by atoms with van der Waals surface area (Å²) < 4.78 is 68.5. The van der Waals surface area contributed by atoms with Gasteiger partial charge >= 0.3 is 6.36 Å². The fourth-order valence-electron chi connectivity index (χ4n) is 7.53. The van der Waals surface area contributed by atoms with Crippen LogP contribution in [0.3, 0.4) is 0 Å². The van der Waals surface area contributed by atoms with Gasteiger partial charge in [-0.1, -0.05) is 118 Å². The van der Waals surface area contributed by atoms with E-state index in [0.717, 1.165) is 43.2 Å². The Balaban J connectivity index is 1.18. The molecule has 1 heterocycles. The van der Waals surface area contributed by atoms with Gasteiger partial charge in [-0.3, -0.25) is 0 Å². The van der Waals surface area contributed by atoms with Gasteiger partial charge in [0.1, 0.15) is 0 Å². The van der Waals surface area contributed by atoms with E-state index in [1.54, 1.807) is 5.19 Å². The molecule has 4 rings (SSSR count). The minimum Gasteiger partial charge on any atom is -0.399 e. The Morgan fingerprint density at radius 1 is 0.800 bits per heavy atom. The van der Waals surface area contributed by atoms with Crippen molar-refractivity contribution in [1.29, 1.82) is 0 Å². The SMILES string of the molecule is CCCCC[Si@]1(c2ccccc2)CC[C@H](C2CCC(CCCCc3cc(F)c(OC(F)(F)F)c(F)c3)CC2)CC1. The van der Waals surface area contributed by atoms with Crippen LogP contribution in [0.5, 0.6) is 5.75 Å². The number of rotatable bonds is 12. The number of hydrogen-bond acceptors (Lipinski definition) is 1. The topological polar surface area (TPSA) is 9.23 Å². The predicted molar refractivity (Wildman–Crippen MR) is 155 cm³/mol. The van der Waals surface area contributed by atoms with Crippen LogP contribution in [-0.4, -0.2) is 14.4 Å². The standard InChI is InChI=1S/C33H45F5OSi/c1-2-3-9-20-40(29-12-5-4-6-13-29)21-18-28(19-22-40)27-16-14-25(15-17-27)10-7-8-11-26-23-30(34)32(31(35)24-26)39-33(36,37)38/h4-6,12-13,23-25,27-28H,2-3,7-11,14-22H2,1H3/t25?,27?,28-,40-. The van der Waals surface area contributed by atoms with E-state index in [1.165, 1.54) is 75.9 Å². The van der Waals surface area contributed by atoms with E-state index in [1.807, 2.05) is 0 Å². The van der Waals surface area contributed by atoms with E-state index in [2.05, 4.69) is 42.0 Å². The van der Waals surface area contributed by atoms with Gasteiger partial charge in [-0.25, -0.2) is 8.78 Å². The summed E-state index contributed by atoms with van der Waals surface area (Å²) >= 11 is 0. The summed E-state index contributed by atoms with van der Waals surface area (Å²) in [5, 5.41) is 1.68. The third kappa shape index (κ3) is 8.56. The number of benzene rings is 2. The lowest BCUT2D eigenvalue weighted by Gasteiger charge is -2.43. The Bertz CT molecular complexity index is 1020. The molecule has 40 heavy (non-hydrogen) atoms. The number of unbranched alkanes of at least 4 members (excludes halogenated alkanes) is 3. The predicted octanol–water partition coefficient (Wildman–Crippen LogP) is 10.3. The molecule has 1 aliphatic carbocycles. The second-order valence-corrected chi connectivity index (χ2v) is 17.0. The summed E-state index contributed by atoms with van der Waals surface area (Å²) in [6, 6.07) is 17.7. The van der Waals surface area contributed by atoms with Crippen LogP contribution in [0, 0.1) is 29.4 Å². The first-order valence-corrected chi connectivity index (χ1v) is 18.1. The van der Waals surface area contributed by atoms with Crippen LogP contribution in [0.15, 0.2) is 42.5 Å². The minimum absolute atomic E-state index is 0.371. The van der Waals surface area contributed by atoms with Gasteiger partial charge in [0, 0.05) is 0 Å². The summed E-state index contributed by atoms with van der Waals surface area (Å²) in [5.41, 5.74) is 0.371. The van der Waals surface area contributed by atoms with Crippen molar-refractivity contribution >= 4 is 13.3 Å². The molecule has 0 bridgehead atoms. The highest BCUT2D eigenvalue weighted by molar-refractivity contribution is 6.92. The fraction of sp³-hybridized carbons (Fsp3) is 0.636. The van der Waals surface area contributed by atoms with Crippen LogP contribution < -0.4 is 9.92 Å². The molecule has 2 fully saturated rings. The van der Waals surface area contributed by atoms with Gasteiger partial charge in [-0.05, 0) is 61.1 Å². The zero-order valence-corrected chi connectivity index (χ0v) is 24.9. The second kappa shape index (κ2) is 14.3. The van der Waals surface area contributed by atoms with Gasteiger partial charge in [0.05, 0.1) is 8.07 Å². The molecule has 2 aromatic carbocycles. The van der Waals surface area contributed by atoms with Crippen LogP contribution in [0.1, 0.15) is 89.5 Å². The number of aryl methyl sites for hydroxylation is 1. The molecule has 0 amide bonds. The van der Waals surface area contributed by atoms with Gasteiger partial charge < -0.3 is 4.74 Å². The fourth-order valence-corrected chi connectivity index (χ4v) is 12.8. The van der Waals surface area contributed by atoms with Gasteiger partial charge in [0.15, 0.2) is 11.6 Å². The molecule has 0 N–H and O–H groups in total. The van der Waals surface area contributed by atoms with Crippen molar-refractivity contribution in [2.24, 2.45) is 17.8 Å².